The van der Waals surface area contributed by atoms with E-state index in [4.69, 9.17) is 15.1 Å². The fraction of sp³-hybridized carbons (Fsp3) is 0.135. The molecule has 51 heavy (non-hydrogen) atoms. The highest BCUT2D eigenvalue weighted by Crippen LogP contribution is 2.43. The lowest BCUT2D eigenvalue weighted by Gasteiger charge is -2.33. The van der Waals surface area contributed by atoms with Gasteiger partial charge < -0.3 is 9.29 Å². The number of hydrogen-bond acceptors (Lipinski definition) is 9. The largest absolute Gasteiger partial charge is 0.501 e. The third-order valence-electron chi connectivity index (χ3n) is 9.38. The van der Waals surface area contributed by atoms with Crippen LogP contribution in [0.4, 0.5) is 5.69 Å². The van der Waals surface area contributed by atoms with Crippen LogP contribution in [-0.4, -0.2) is 42.8 Å². The number of phenolic OH excluding ortho intramolecular Hbond substituents is 1. The first kappa shape index (κ1) is 34.9. The van der Waals surface area contributed by atoms with Crippen LogP contribution in [0.2, 0.25) is 0 Å². The standard InChI is InChI=1S/C37H28N4O8S2/c1-3-37(4-2,23-10-8-22(9-11-23)26-16-17-29-30(36(26)50(44,45)46)19-21-32(41-39)35(29)43)24-12-14-25(15-13-24)49-51(47,48)33-7-5-6-28-27(33)18-20-31(40-38)34(28)42/h5-21,38H,3-4H2,1-2H3/p+2. The van der Waals surface area contributed by atoms with Crippen LogP contribution < -0.4 is 4.18 Å². The van der Waals surface area contributed by atoms with Gasteiger partial charge in [-0.15, -0.1) is 0 Å². The molecular formula is C37H30N4O8S2+2. The number of ketones is 1. The third-order valence-corrected chi connectivity index (χ3v) is 11.6. The lowest BCUT2D eigenvalue weighted by Crippen LogP contribution is -2.26. The molecule has 0 amide bonds. The summed E-state index contributed by atoms with van der Waals surface area (Å²) in [5.74, 6) is -0.932. The number of fused-ring (bicyclic) bond motifs is 2. The lowest BCUT2D eigenvalue weighted by molar-refractivity contribution is -0.117. The van der Waals surface area contributed by atoms with E-state index in [1.165, 1.54) is 54.6 Å². The molecule has 0 aromatic heterocycles. The number of Topliss-reactive ketones (excluding diaryl/α,β-unsaturated/α-hetero) is 1. The quantitative estimate of drug-likeness (QED) is 0.0448. The second-order valence-electron chi connectivity index (χ2n) is 11.9. The summed E-state index contributed by atoms with van der Waals surface area (Å²) < 4.78 is 67.8. The zero-order valence-corrected chi connectivity index (χ0v) is 28.9. The Labute approximate surface area is 293 Å². The second kappa shape index (κ2) is 13.1. The summed E-state index contributed by atoms with van der Waals surface area (Å²) in [4.78, 5) is 18.2. The summed E-state index contributed by atoms with van der Waals surface area (Å²) in [5, 5.41) is 19.8. The van der Waals surface area contributed by atoms with Gasteiger partial charge in [0.1, 0.15) is 15.5 Å². The van der Waals surface area contributed by atoms with Gasteiger partial charge in [-0.25, -0.2) is 0 Å². The van der Waals surface area contributed by atoms with Gasteiger partial charge in [-0.05, 0) is 65.9 Å². The zero-order chi connectivity index (χ0) is 36.7. The van der Waals surface area contributed by atoms with Crippen molar-refractivity contribution in [2.24, 2.45) is 0 Å². The Morgan fingerprint density at radius 3 is 2.02 bits per heavy atom. The minimum atomic E-state index is -4.77. The molecule has 1 aliphatic carbocycles. The monoisotopic (exact) mass is 722 g/mol. The fourth-order valence-corrected chi connectivity index (χ4v) is 8.80. The van der Waals surface area contributed by atoms with Crippen LogP contribution in [0.3, 0.4) is 0 Å². The summed E-state index contributed by atoms with van der Waals surface area (Å²) in [6, 6.07) is 23.7. The molecule has 0 spiro atoms. The minimum Gasteiger partial charge on any atom is -0.501 e. The molecule has 5 aromatic carbocycles. The van der Waals surface area contributed by atoms with Crippen molar-refractivity contribution in [3.63, 3.8) is 0 Å². The molecule has 256 valence electrons. The van der Waals surface area contributed by atoms with Crippen LogP contribution in [-0.2, 0) is 25.7 Å². The van der Waals surface area contributed by atoms with Gasteiger partial charge >= 0.3 is 21.5 Å². The van der Waals surface area contributed by atoms with Crippen LogP contribution in [0.15, 0.2) is 107 Å². The fourth-order valence-electron chi connectivity index (χ4n) is 6.74. The van der Waals surface area contributed by atoms with Gasteiger partial charge in [0.15, 0.2) is 4.98 Å². The van der Waals surface area contributed by atoms with Crippen LogP contribution in [0, 0.1) is 10.9 Å². The summed E-state index contributed by atoms with van der Waals surface area (Å²) in [7, 11) is -9.13. The SMILES string of the molecule is CCC(CC)(c1ccc(OS(=O)(=O)c2cccc3c2C=CC(=[N+]=N)C3=O)cc1)c1ccc(-c2ccc3c(O)c([N+]#N)ccc3c2S(=O)(=O)O)cc1. The van der Waals surface area contributed by atoms with E-state index in [2.05, 4.69) is 9.77 Å². The van der Waals surface area contributed by atoms with Crippen molar-refractivity contribution in [3.8, 4) is 22.6 Å². The van der Waals surface area contributed by atoms with E-state index >= 15 is 0 Å². The number of nitrogens with one attached hydrogen (secondary N) is 1. The Hall–Kier alpha value is -5.97. The summed E-state index contributed by atoms with van der Waals surface area (Å²) in [6.07, 6.45) is 4.03. The first-order valence-electron chi connectivity index (χ1n) is 15.7. The smallest absolute Gasteiger partial charge is 0.426 e. The van der Waals surface area contributed by atoms with Crippen molar-refractivity contribution in [2.45, 2.75) is 41.9 Å². The van der Waals surface area contributed by atoms with Crippen LogP contribution in [0.5, 0.6) is 11.5 Å². The van der Waals surface area contributed by atoms with Gasteiger partial charge in [-0.1, -0.05) is 68.4 Å². The van der Waals surface area contributed by atoms with E-state index in [0.717, 1.165) is 11.1 Å². The Bertz CT molecular complexity index is 2600. The van der Waals surface area contributed by atoms with E-state index < -0.39 is 42.1 Å². The van der Waals surface area contributed by atoms with Crippen molar-refractivity contribution >= 4 is 54.3 Å². The molecule has 5 aromatic rings. The predicted octanol–water partition coefficient (Wildman–Crippen LogP) is 7.71. The number of allylic oxidation sites excluding steroid dienone is 1. The highest BCUT2D eigenvalue weighted by Gasteiger charge is 2.34. The van der Waals surface area contributed by atoms with Crippen molar-refractivity contribution in [3.05, 3.63) is 124 Å². The predicted molar refractivity (Wildman–Crippen MR) is 189 cm³/mol. The number of aromatic hydroxyl groups is 1. The average molecular weight is 723 g/mol. The molecular weight excluding hydrogens is 693 g/mol. The molecule has 12 nitrogen and oxygen atoms in total. The summed E-state index contributed by atoms with van der Waals surface area (Å²) in [5.41, 5.74) is 9.13. The van der Waals surface area contributed by atoms with Crippen LogP contribution >= 0.6 is 0 Å². The Kier molecular flexibility index (Phi) is 8.93. The topological polar surface area (TPSA) is 201 Å². The Balaban J connectivity index is 1.33. The van der Waals surface area contributed by atoms with E-state index in [1.807, 2.05) is 26.0 Å². The van der Waals surface area contributed by atoms with Crippen molar-refractivity contribution in [2.75, 3.05) is 0 Å². The molecule has 0 unspecified atom stereocenters. The molecule has 0 bridgehead atoms. The van der Waals surface area contributed by atoms with Crippen molar-refractivity contribution in [1.82, 2.24) is 0 Å². The van der Waals surface area contributed by atoms with Gasteiger partial charge in [0, 0.05) is 45.0 Å². The molecule has 1 aliphatic rings. The first-order valence-corrected chi connectivity index (χ1v) is 18.5. The molecule has 0 saturated heterocycles. The average Bonchev–Trinajstić information content (AvgIpc) is 3.12. The number of diazo groups is 1. The van der Waals surface area contributed by atoms with Crippen molar-refractivity contribution < 1.29 is 40.3 Å². The van der Waals surface area contributed by atoms with E-state index in [0.29, 0.717) is 18.4 Å². The lowest BCUT2D eigenvalue weighted by atomic mass is 9.70. The molecule has 0 heterocycles. The number of nitrogens with zero attached hydrogens (tertiary/aromatic N) is 3. The summed E-state index contributed by atoms with van der Waals surface area (Å²) in [6.45, 7) is 4.05. The third kappa shape index (κ3) is 5.98. The maximum absolute atomic E-state index is 13.4. The first-order chi connectivity index (χ1) is 24.3. The molecule has 14 heteroatoms. The van der Waals surface area contributed by atoms with Crippen molar-refractivity contribution in [1.29, 1.82) is 10.9 Å². The van der Waals surface area contributed by atoms with E-state index in [1.54, 1.807) is 36.4 Å². The molecule has 3 N–H and O–H groups in total. The maximum Gasteiger partial charge on any atom is 0.426 e. The number of hydrogen-bond donors (Lipinski definition) is 3. The molecule has 0 saturated carbocycles. The Morgan fingerprint density at radius 1 is 0.804 bits per heavy atom. The number of phenols is 1. The van der Waals surface area contributed by atoms with Crippen LogP contribution in [0.1, 0.15) is 53.7 Å². The molecule has 0 atom stereocenters. The van der Waals surface area contributed by atoms with Gasteiger partial charge in [-0.2, -0.15) is 16.8 Å². The van der Waals surface area contributed by atoms with Gasteiger partial charge in [0.05, 0.1) is 10.3 Å². The molecule has 6 rings (SSSR count). The highest BCUT2D eigenvalue weighted by molar-refractivity contribution is 7.87. The van der Waals surface area contributed by atoms with E-state index in [-0.39, 0.29) is 49.5 Å². The highest BCUT2D eigenvalue weighted by atomic mass is 32.2. The minimum absolute atomic E-state index is 0.0506. The Morgan fingerprint density at radius 2 is 1.43 bits per heavy atom. The summed E-state index contributed by atoms with van der Waals surface area (Å²) >= 11 is 0. The van der Waals surface area contributed by atoms with E-state index in [9.17, 15) is 31.3 Å². The molecule has 0 aliphatic heterocycles. The maximum atomic E-state index is 13.4. The number of carbonyl (C=O) groups is 1. The zero-order valence-electron chi connectivity index (χ0n) is 27.2. The van der Waals surface area contributed by atoms with Gasteiger partial charge in [-0.3, -0.25) is 9.35 Å². The van der Waals surface area contributed by atoms with Gasteiger partial charge in [0.25, 0.3) is 15.9 Å². The normalized spacial score (nSPS) is 13.1. The molecule has 0 fully saturated rings. The van der Waals surface area contributed by atoms with Crippen LogP contribution in [0.25, 0.3) is 33.0 Å². The second-order valence-corrected chi connectivity index (χ2v) is 14.7. The number of rotatable bonds is 9. The molecule has 0 radical (unpaired) electrons. The number of benzene rings is 5. The number of carbonyl (C=O) groups excluding carboxylic acids is 1. The van der Waals surface area contributed by atoms with Gasteiger partial charge in [0.2, 0.25) is 11.1 Å².